The van der Waals surface area contributed by atoms with Crippen molar-refractivity contribution in [2.45, 2.75) is 12.8 Å². The summed E-state index contributed by atoms with van der Waals surface area (Å²) in [5.41, 5.74) is 6.74. The van der Waals surface area contributed by atoms with Gasteiger partial charge in [-0.2, -0.15) is 0 Å². The van der Waals surface area contributed by atoms with E-state index in [0.29, 0.717) is 35.2 Å². The number of esters is 1. The molecule has 0 aromatic heterocycles. The maximum Gasteiger partial charge on any atom is 0.337 e. The summed E-state index contributed by atoms with van der Waals surface area (Å²) in [5.74, 6) is 0.850. The molecular weight excluding hydrogens is 330 g/mol. The Bertz CT molecular complexity index is 673. The molecule has 0 aliphatic heterocycles. The standard InChI is InChI=1S/C18H20ClNO4/c1-22-18(21)13-4-9-16(20)17(12-13)24-11-3-2-10-23-15-7-5-14(19)6-8-15/h4-9,12H,2-3,10-11,20H2,1H3. The Balaban J connectivity index is 1.72. The molecule has 2 aromatic carbocycles. The summed E-state index contributed by atoms with van der Waals surface area (Å²) in [4.78, 5) is 11.5. The fourth-order valence-electron chi connectivity index (χ4n) is 2.01. The van der Waals surface area contributed by atoms with Gasteiger partial charge >= 0.3 is 5.97 Å². The number of hydrogen-bond acceptors (Lipinski definition) is 5. The van der Waals surface area contributed by atoms with Crippen LogP contribution < -0.4 is 15.2 Å². The van der Waals surface area contributed by atoms with E-state index in [1.54, 1.807) is 30.3 Å². The Kier molecular flexibility index (Phi) is 6.75. The molecule has 0 amide bonds. The highest BCUT2D eigenvalue weighted by atomic mass is 35.5. The molecule has 24 heavy (non-hydrogen) atoms. The van der Waals surface area contributed by atoms with Crippen molar-refractivity contribution in [2.24, 2.45) is 0 Å². The zero-order valence-corrected chi connectivity index (χ0v) is 14.2. The molecule has 0 unspecified atom stereocenters. The summed E-state index contributed by atoms with van der Waals surface area (Å²) in [5, 5.41) is 0.683. The van der Waals surface area contributed by atoms with Gasteiger partial charge in [0, 0.05) is 5.02 Å². The van der Waals surface area contributed by atoms with Crippen molar-refractivity contribution in [3.05, 3.63) is 53.1 Å². The van der Waals surface area contributed by atoms with Gasteiger partial charge in [-0.3, -0.25) is 0 Å². The number of hydrogen-bond donors (Lipinski definition) is 1. The molecule has 0 heterocycles. The molecule has 0 saturated carbocycles. The second-order valence-electron chi connectivity index (χ2n) is 5.10. The van der Waals surface area contributed by atoms with E-state index in [-0.39, 0.29) is 0 Å². The molecular formula is C18H20ClNO4. The van der Waals surface area contributed by atoms with Gasteiger partial charge in [0.1, 0.15) is 11.5 Å². The molecule has 0 saturated heterocycles. The van der Waals surface area contributed by atoms with E-state index in [9.17, 15) is 4.79 Å². The normalized spacial score (nSPS) is 10.2. The van der Waals surface area contributed by atoms with Gasteiger partial charge in [-0.05, 0) is 55.3 Å². The Labute approximate surface area is 146 Å². The van der Waals surface area contributed by atoms with Gasteiger partial charge in [0.25, 0.3) is 0 Å². The van der Waals surface area contributed by atoms with Crippen molar-refractivity contribution in [3.8, 4) is 11.5 Å². The SMILES string of the molecule is COC(=O)c1ccc(N)c(OCCCCOc2ccc(Cl)cc2)c1. The maximum atomic E-state index is 11.5. The molecule has 2 aromatic rings. The number of unbranched alkanes of at least 4 members (excludes halogenated alkanes) is 1. The van der Waals surface area contributed by atoms with E-state index in [1.807, 2.05) is 12.1 Å². The van der Waals surface area contributed by atoms with Gasteiger partial charge in [-0.25, -0.2) is 4.79 Å². The third-order valence-corrected chi connectivity index (χ3v) is 3.57. The van der Waals surface area contributed by atoms with Crippen molar-refractivity contribution >= 4 is 23.3 Å². The van der Waals surface area contributed by atoms with Crippen molar-refractivity contribution in [3.63, 3.8) is 0 Å². The number of rotatable bonds is 8. The van der Waals surface area contributed by atoms with Gasteiger partial charge in [0.05, 0.1) is 31.6 Å². The fourth-order valence-corrected chi connectivity index (χ4v) is 2.14. The Morgan fingerprint density at radius 3 is 2.38 bits per heavy atom. The molecule has 0 bridgehead atoms. The first-order valence-electron chi connectivity index (χ1n) is 7.59. The second kappa shape index (κ2) is 9.03. The average molecular weight is 350 g/mol. The summed E-state index contributed by atoms with van der Waals surface area (Å²) in [6.07, 6.45) is 1.63. The van der Waals surface area contributed by atoms with Gasteiger partial charge in [0.2, 0.25) is 0 Å². The summed E-state index contributed by atoms with van der Waals surface area (Å²) >= 11 is 5.81. The molecule has 0 aliphatic carbocycles. The molecule has 128 valence electrons. The lowest BCUT2D eigenvalue weighted by Crippen LogP contribution is -2.06. The van der Waals surface area contributed by atoms with E-state index >= 15 is 0 Å². The molecule has 0 atom stereocenters. The third kappa shape index (κ3) is 5.35. The molecule has 0 radical (unpaired) electrons. The number of nitrogen functional groups attached to an aromatic ring is 1. The number of nitrogens with two attached hydrogens (primary N) is 1. The predicted molar refractivity (Wildman–Crippen MR) is 93.9 cm³/mol. The topological polar surface area (TPSA) is 70.8 Å². The fraction of sp³-hybridized carbons (Fsp3) is 0.278. The van der Waals surface area contributed by atoms with Crippen molar-refractivity contribution < 1.29 is 19.0 Å². The quantitative estimate of drug-likeness (QED) is 0.444. The van der Waals surface area contributed by atoms with Crippen LogP contribution in [0.1, 0.15) is 23.2 Å². The van der Waals surface area contributed by atoms with Crippen molar-refractivity contribution in [1.82, 2.24) is 0 Å². The van der Waals surface area contributed by atoms with Crippen LogP contribution in [0.2, 0.25) is 5.02 Å². The molecule has 0 aliphatic rings. The van der Waals surface area contributed by atoms with Gasteiger partial charge in [-0.15, -0.1) is 0 Å². The van der Waals surface area contributed by atoms with E-state index in [2.05, 4.69) is 4.74 Å². The highest BCUT2D eigenvalue weighted by molar-refractivity contribution is 6.30. The number of carbonyl (C=O) groups is 1. The smallest absolute Gasteiger partial charge is 0.337 e. The minimum absolute atomic E-state index is 0.410. The van der Waals surface area contributed by atoms with E-state index in [1.165, 1.54) is 7.11 Å². The Hall–Kier alpha value is -2.40. The van der Waals surface area contributed by atoms with Crippen molar-refractivity contribution in [1.29, 1.82) is 0 Å². The second-order valence-corrected chi connectivity index (χ2v) is 5.54. The van der Waals surface area contributed by atoms with Crippen LogP contribution in [0.15, 0.2) is 42.5 Å². The molecule has 0 spiro atoms. The Morgan fingerprint density at radius 1 is 1.04 bits per heavy atom. The zero-order chi connectivity index (χ0) is 17.4. The first-order valence-corrected chi connectivity index (χ1v) is 7.97. The lowest BCUT2D eigenvalue weighted by Gasteiger charge is -2.10. The van der Waals surface area contributed by atoms with Crippen LogP contribution in [0.3, 0.4) is 0 Å². The summed E-state index contributed by atoms with van der Waals surface area (Å²) < 4.78 is 15.9. The first-order chi connectivity index (χ1) is 11.6. The van der Waals surface area contributed by atoms with Gasteiger partial charge in [-0.1, -0.05) is 11.6 Å². The number of ether oxygens (including phenoxy) is 3. The van der Waals surface area contributed by atoms with Crippen LogP contribution in [0.25, 0.3) is 0 Å². The molecule has 0 fully saturated rings. The lowest BCUT2D eigenvalue weighted by molar-refractivity contribution is 0.0600. The maximum absolute atomic E-state index is 11.5. The van der Waals surface area contributed by atoms with E-state index in [4.69, 9.17) is 26.8 Å². The van der Waals surface area contributed by atoms with Crippen LogP contribution in [0.5, 0.6) is 11.5 Å². The summed E-state index contributed by atoms with van der Waals surface area (Å²) in [6, 6.07) is 12.1. The van der Waals surface area contributed by atoms with Crippen LogP contribution in [-0.2, 0) is 4.74 Å². The molecule has 2 rings (SSSR count). The number of benzene rings is 2. The number of anilines is 1. The average Bonchev–Trinajstić information content (AvgIpc) is 2.60. The Morgan fingerprint density at radius 2 is 1.71 bits per heavy atom. The van der Waals surface area contributed by atoms with E-state index < -0.39 is 5.97 Å². The largest absolute Gasteiger partial charge is 0.494 e. The van der Waals surface area contributed by atoms with Gasteiger partial charge in [0.15, 0.2) is 0 Å². The van der Waals surface area contributed by atoms with Crippen LogP contribution in [0.4, 0.5) is 5.69 Å². The molecule has 6 heteroatoms. The highest BCUT2D eigenvalue weighted by Gasteiger charge is 2.09. The lowest BCUT2D eigenvalue weighted by atomic mass is 10.2. The van der Waals surface area contributed by atoms with Crippen LogP contribution in [-0.4, -0.2) is 26.3 Å². The summed E-state index contributed by atoms with van der Waals surface area (Å²) in [7, 11) is 1.33. The zero-order valence-electron chi connectivity index (χ0n) is 13.5. The van der Waals surface area contributed by atoms with Crippen LogP contribution >= 0.6 is 11.6 Å². The minimum atomic E-state index is -0.420. The predicted octanol–water partition coefficient (Wildman–Crippen LogP) is 3.95. The minimum Gasteiger partial charge on any atom is -0.494 e. The number of methoxy groups -OCH3 is 1. The van der Waals surface area contributed by atoms with Crippen molar-refractivity contribution in [2.75, 3.05) is 26.1 Å². The van der Waals surface area contributed by atoms with Gasteiger partial charge < -0.3 is 19.9 Å². The molecule has 2 N–H and O–H groups in total. The number of carbonyl (C=O) groups excluding carboxylic acids is 1. The van der Waals surface area contributed by atoms with E-state index in [0.717, 1.165) is 18.6 Å². The molecule has 5 nitrogen and oxygen atoms in total. The summed E-state index contributed by atoms with van der Waals surface area (Å²) in [6.45, 7) is 1.07. The van der Waals surface area contributed by atoms with Crippen LogP contribution in [0, 0.1) is 0 Å². The highest BCUT2D eigenvalue weighted by Crippen LogP contribution is 2.23. The third-order valence-electron chi connectivity index (χ3n) is 3.31. The monoisotopic (exact) mass is 349 g/mol. The first kappa shape index (κ1) is 17.9. The number of halogens is 1.